The van der Waals surface area contributed by atoms with Crippen LogP contribution in [0.4, 0.5) is 5.95 Å². The highest BCUT2D eigenvalue weighted by molar-refractivity contribution is 6.91. The van der Waals surface area contributed by atoms with Crippen molar-refractivity contribution in [2.75, 3.05) is 12.3 Å². The van der Waals surface area contributed by atoms with E-state index in [9.17, 15) is 15.3 Å². The molecule has 0 aliphatic heterocycles. The highest BCUT2D eigenvalue weighted by Gasteiger charge is 2.86. The summed E-state index contributed by atoms with van der Waals surface area (Å²) in [4.78, 5) is 13.2. The number of nitrogens with zero attached hydrogens (tertiary/aromatic N) is 4. The van der Waals surface area contributed by atoms with Crippen LogP contribution in [0.2, 0.25) is 18.6 Å². The van der Waals surface area contributed by atoms with Gasteiger partial charge in [0.1, 0.15) is 17.8 Å². The summed E-state index contributed by atoms with van der Waals surface area (Å²) in [6.07, 6.45) is 2.22. The molecule has 6 rings (SSSR count). The van der Waals surface area contributed by atoms with E-state index in [1.54, 1.807) is 10.9 Å². The molecule has 2 aliphatic carbocycles. The van der Waals surface area contributed by atoms with E-state index >= 15 is 0 Å². The number of aromatic nitrogens is 4. The Morgan fingerprint density at radius 1 is 1.05 bits per heavy atom. The van der Waals surface area contributed by atoms with Gasteiger partial charge in [-0.05, 0) is 17.5 Å². The highest BCUT2D eigenvalue weighted by atomic mass is 28.3. The van der Waals surface area contributed by atoms with Crippen molar-refractivity contribution in [1.29, 1.82) is 0 Å². The van der Waals surface area contributed by atoms with Crippen LogP contribution in [0.15, 0.2) is 67.0 Å². The molecule has 0 saturated heterocycles. The van der Waals surface area contributed by atoms with Gasteiger partial charge in [0.2, 0.25) is 11.8 Å². The lowest BCUT2D eigenvalue weighted by molar-refractivity contribution is -0.0415. The second kappa shape index (κ2) is 8.35. The molecule has 2 aromatic carbocycles. The smallest absolute Gasteiger partial charge is 0.247 e. The number of rotatable bonds is 7. The van der Waals surface area contributed by atoms with E-state index in [4.69, 9.17) is 10.5 Å². The average molecular weight is 518 g/mol. The average Bonchev–Trinajstić information content (AvgIpc) is 3.20. The molecule has 0 amide bonds. The molecule has 0 spiro atoms. The second-order valence-electron chi connectivity index (χ2n) is 10.8. The summed E-state index contributed by atoms with van der Waals surface area (Å²) in [7, 11) is -2.16. The molecule has 4 aromatic rings. The third-order valence-corrected chi connectivity index (χ3v) is 12.9. The zero-order valence-electron chi connectivity index (χ0n) is 20.8. The number of aliphatic hydroxyl groups excluding tert-OH is 1. The van der Waals surface area contributed by atoms with Crippen LogP contribution >= 0.6 is 0 Å². The van der Waals surface area contributed by atoms with E-state index in [-0.39, 0.29) is 24.0 Å². The first kappa shape index (κ1) is 24.0. The standard InChI is InChI=1S/C27H31N5O4Si/c1-37(2,18-11-7-4-8-12-18)19-13-20(27(35)22(19)26(27,34)15-33)32-16-29-21-23(32)30-25(28)31-24(21)36-14-17-9-5-3-6-10-17/h3-12,16,19-20,22,33-35H,13-15H2,1-2H3,(H2,28,30,31)/t19-,20-,22+,26-,27+/m0/s1. The molecular formula is C27H31N5O4Si. The fourth-order valence-corrected chi connectivity index (χ4v) is 10.2. The van der Waals surface area contributed by atoms with Gasteiger partial charge in [-0.2, -0.15) is 9.97 Å². The van der Waals surface area contributed by atoms with Gasteiger partial charge in [0.25, 0.3) is 0 Å². The molecule has 5 atom stereocenters. The number of ether oxygens (including phenoxy) is 1. The maximum atomic E-state index is 11.9. The Morgan fingerprint density at radius 3 is 2.41 bits per heavy atom. The lowest BCUT2D eigenvalue weighted by atomic mass is 10.0. The Bertz CT molecular complexity index is 1450. The number of nitrogens with two attached hydrogens (primary N) is 1. The maximum Gasteiger partial charge on any atom is 0.247 e. The lowest BCUT2D eigenvalue weighted by Crippen LogP contribution is -2.48. The number of hydrogen-bond acceptors (Lipinski definition) is 8. The van der Waals surface area contributed by atoms with Crippen molar-refractivity contribution in [1.82, 2.24) is 19.5 Å². The Hall–Kier alpha value is -3.31. The normalized spacial score (nSPS) is 28.8. The van der Waals surface area contributed by atoms with E-state index in [1.807, 2.05) is 48.5 Å². The van der Waals surface area contributed by atoms with Crippen molar-refractivity contribution in [3.63, 3.8) is 0 Å². The fourth-order valence-electron chi connectivity index (χ4n) is 6.55. The summed E-state index contributed by atoms with van der Waals surface area (Å²) in [5, 5.41) is 34.8. The van der Waals surface area contributed by atoms with Crippen LogP contribution in [-0.2, 0) is 6.61 Å². The fraction of sp³-hybridized carbons (Fsp3) is 0.370. The molecule has 0 bridgehead atoms. The molecule has 37 heavy (non-hydrogen) atoms. The lowest BCUT2D eigenvalue weighted by Gasteiger charge is -2.35. The Balaban J connectivity index is 1.39. The molecule has 5 N–H and O–H groups in total. The summed E-state index contributed by atoms with van der Waals surface area (Å²) >= 11 is 0. The quantitative estimate of drug-likeness (QED) is 0.273. The molecule has 2 fully saturated rings. The zero-order chi connectivity index (χ0) is 26.0. The first-order valence-electron chi connectivity index (χ1n) is 12.5. The van der Waals surface area contributed by atoms with E-state index < -0.39 is 37.8 Å². The first-order chi connectivity index (χ1) is 17.7. The van der Waals surface area contributed by atoms with Crippen LogP contribution in [-0.4, -0.2) is 60.7 Å². The monoisotopic (exact) mass is 517 g/mol. The Labute approximate surface area is 215 Å². The molecule has 2 saturated carbocycles. The minimum atomic E-state index is -2.16. The predicted octanol–water partition coefficient (Wildman–Crippen LogP) is 2.00. The summed E-state index contributed by atoms with van der Waals surface area (Å²) in [5.41, 5.74) is 4.81. The van der Waals surface area contributed by atoms with E-state index in [1.165, 1.54) is 5.19 Å². The Kier molecular flexibility index (Phi) is 5.43. The van der Waals surface area contributed by atoms with Crippen LogP contribution in [0, 0.1) is 5.92 Å². The van der Waals surface area contributed by atoms with Gasteiger partial charge in [0.15, 0.2) is 11.2 Å². The zero-order valence-corrected chi connectivity index (χ0v) is 21.8. The molecule has 2 heterocycles. The van der Waals surface area contributed by atoms with Crippen LogP contribution in [0.5, 0.6) is 5.88 Å². The van der Waals surface area contributed by atoms with Crippen LogP contribution in [0.1, 0.15) is 18.0 Å². The van der Waals surface area contributed by atoms with Gasteiger partial charge in [-0.25, -0.2) is 4.98 Å². The maximum absolute atomic E-state index is 11.9. The number of hydrogen-bond donors (Lipinski definition) is 4. The van der Waals surface area contributed by atoms with E-state index in [2.05, 4.69) is 40.2 Å². The van der Waals surface area contributed by atoms with Crippen molar-refractivity contribution < 1.29 is 20.1 Å². The van der Waals surface area contributed by atoms with Gasteiger partial charge in [-0.15, -0.1) is 0 Å². The van der Waals surface area contributed by atoms with Crippen molar-refractivity contribution in [2.45, 2.75) is 48.9 Å². The summed E-state index contributed by atoms with van der Waals surface area (Å²) in [6.45, 7) is 4.29. The van der Waals surface area contributed by atoms with Crippen molar-refractivity contribution in [3.8, 4) is 5.88 Å². The highest BCUT2D eigenvalue weighted by Crippen LogP contribution is 2.74. The summed E-state index contributed by atoms with van der Waals surface area (Å²) < 4.78 is 7.74. The van der Waals surface area contributed by atoms with E-state index in [0.29, 0.717) is 17.6 Å². The van der Waals surface area contributed by atoms with Crippen LogP contribution in [0.25, 0.3) is 11.2 Å². The first-order valence-corrected chi connectivity index (χ1v) is 15.6. The Morgan fingerprint density at radius 2 is 1.73 bits per heavy atom. The summed E-state index contributed by atoms with van der Waals surface area (Å²) in [5.74, 6) is -0.166. The van der Waals surface area contributed by atoms with Crippen LogP contribution in [0.3, 0.4) is 0 Å². The topological polar surface area (TPSA) is 140 Å². The number of imidazole rings is 1. The number of anilines is 1. The van der Waals surface area contributed by atoms with Crippen molar-refractivity contribution in [2.24, 2.45) is 5.92 Å². The molecule has 2 aliphatic rings. The van der Waals surface area contributed by atoms with Gasteiger partial charge in [-0.1, -0.05) is 78.9 Å². The molecule has 10 heteroatoms. The van der Waals surface area contributed by atoms with Crippen molar-refractivity contribution >= 4 is 30.4 Å². The SMILES string of the molecule is C[Si](C)(c1ccccc1)[C@H]1C[C@H](n2cnc3c(OCc4ccccc4)nc(N)nc32)[C@@]2(O)[C@H]1[C@@]2(O)CO. The molecule has 0 radical (unpaired) electrons. The van der Waals surface area contributed by atoms with Gasteiger partial charge in [0.05, 0.1) is 27.0 Å². The molecule has 192 valence electrons. The number of nitrogen functional groups attached to an aromatic ring is 1. The minimum absolute atomic E-state index is 0.0208. The van der Waals surface area contributed by atoms with Gasteiger partial charge < -0.3 is 30.4 Å². The van der Waals surface area contributed by atoms with Crippen LogP contribution < -0.4 is 15.7 Å². The number of fused-ring (bicyclic) bond motifs is 2. The third kappa shape index (κ3) is 3.43. The molecule has 2 aromatic heterocycles. The van der Waals surface area contributed by atoms with Crippen molar-refractivity contribution in [3.05, 3.63) is 72.6 Å². The largest absolute Gasteiger partial charge is 0.471 e. The molecular weight excluding hydrogens is 486 g/mol. The van der Waals surface area contributed by atoms with Gasteiger partial charge in [0, 0.05) is 5.92 Å². The molecule has 0 unspecified atom stereocenters. The summed E-state index contributed by atoms with van der Waals surface area (Å²) in [6, 6.07) is 19.4. The van der Waals surface area contributed by atoms with Gasteiger partial charge >= 0.3 is 0 Å². The van der Waals surface area contributed by atoms with Gasteiger partial charge in [-0.3, -0.25) is 0 Å². The molecule has 9 nitrogen and oxygen atoms in total. The second-order valence-corrected chi connectivity index (χ2v) is 15.6. The third-order valence-electron chi connectivity index (χ3n) is 8.63. The number of aliphatic hydroxyl groups is 3. The number of benzene rings is 2. The predicted molar refractivity (Wildman–Crippen MR) is 142 cm³/mol. The van der Waals surface area contributed by atoms with E-state index in [0.717, 1.165) is 5.56 Å². The minimum Gasteiger partial charge on any atom is -0.471 e.